The second-order valence-electron chi connectivity index (χ2n) is 3.68. The molecule has 1 rings (SSSR count). The van der Waals surface area contributed by atoms with Gasteiger partial charge in [-0.1, -0.05) is 6.42 Å². The first-order chi connectivity index (χ1) is 6.93. The highest BCUT2D eigenvalue weighted by Crippen LogP contribution is 2.14. The second kappa shape index (κ2) is 7.84. The van der Waals surface area contributed by atoms with Gasteiger partial charge in [-0.15, -0.1) is 12.3 Å². The molecule has 0 unspecified atom stereocenters. The summed E-state index contributed by atoms with van der Waals surface area (Å²) in [4.78, 5) is 0. The van der Waals surface area contributed by atoms with Crippen LogP contribution >= 0.6 is 0 Å². The first-order valence-corrected chi connectivity index (χ1v) is 5.60. The first kappa shape index (κ1) is 11.6. The van der Waals surface area contributed by atoms with Crippen molar-refractivity contribution in [2.24, 2.45) is 0 Å². The van der Waals surface area contributed by atoms with Gasteiger partial charge in [0.25, 0.3) is 0 Å². The van der Waals surface area contributed by atoms with E-state index in [2.05, 4.69) is 5.92 Å². The molecule has 0 aromatic heterocycles. The summed E-state index contributed by atoms with van der Waals surface area (Å²) in [5.41, 5.74) is 0. The van der Waals surface area contributed by atoms with Gasteiger partial charge in [-0.2, -0.15) is 0 Å². The largest absolute Gasteiger partial charge is 0.353 e. The van der Waals surface area contributed by atoms with Crippen LogP contribution in [0.3, 0.4) is 0 Å². The Morgan fingerprint density at radius 2 is 2.21 bits per heavy atom. The fraction of sp³-hybridized carbons (Fsp3) is 0.833. The number of rotatable bonds is 6. The lowest BCUT2D eigenvalue weighted by molar-refractivity contribution is -0.162. The van der Waals surface area contributed by atoms with Gasteiger partial charge in [0.05, 0.1) is 0 Å². The van der Waals surface area contributed by atoms with E-state index in [1.54, 1.807) is 0 Å². The Balaban J connectivity index is 1.85. The average Bonchev–Trinajstić information content (AvgIpc) is 2.25. The molecule has 0 saturated carbocycles. The van der Waals surface area contributed by atoms with Gasteiger partial charge in [0.15, 0.2) is 6.29 Å². The molecule has 1 heterocycles. The van der Waals surface area contributed by atoms with E-state index < -0.39 is 0 Å². The van der Waals surface area contributed by atoms with E-state index in [9.17, 15) is 0 Å². The van der Waals surface area contributed by atoms with E-state index in [4.69, 9.17) is 15.9 Å². The van der Waals surface area contributed by atoms with Gasteiger partial charge in [-0.25, -0.2) is 0 Å². The van der Waals surface area contributed by atoms with E-state index >= 15 is 0 Å². The number of terminal acetylenes is 1. The first-order valence-electron chi connectivity index (χ1n) is 5.60. The SMILES string of the molecule is C#CCCCCCO[C@H]1CCCCO1. The molecule has 1 saturated heterocycles. The average molecular weight is 196 g/mol. The van der Waals surface area contributed by atoms with Gasteiger partial charge in [0, 0.05) is 19.6 Å². The van der Waals surface area contributed by atoms with E-state index in [1.165, 1.54) is 12.8 Å². The molecule has 0 amide bonds. The predicted octanol–water partition coefficient (Wildman–Crippen LogP) is 2.72. The van der Waals surface area contributed by atoms with Crippen LogP contribution in [0.25, 0.3) is 0 Å². The zero-order valence-corrected chi connectivity index (χ0v) is 8.84. The minimum Gasteiger partial charge on any atom is -0.353 e. The van der Waals surface area contributed by atoms with Crippen LogP contribution in [-0.4, -0.2) is 19.5 Å². The maximum absolute atomic E-state index is 5.59. The van der Waals surface area contributed by atoms with Crippen LogP contribution in [0.4, 0.5) is 0 Å². The van der Waals surface area contributed by atoms with E-state index in [0.717, 1.165) is 45.3 Å². The van der Waals surface area contributed by atoms with E-state index in [0.29, 0.717) is 0 Å². The Labute approximate surface area is 87.0 Å². The summed E-state index contributed by atoms with van der Waals surface area (Å²) in [5.74, 6) is 2.64. The molecule has 0 N–H and O–H groups in total. The Hall–Kier alpha value is -0.520. The summed E-state index contributed by atoms with van der Waals surface area (Å²) in [6, 6.07) is 0. The molecule has 80 valence electrons. The third-order valence-corrected chi connectivity index (χ3v) is 2.41. The molecule has 0 aromatic carbocycles. The summed E-state index contributed by atoms with van der Waals surface area (Å²) in [6.45, 7) is 1.68. The Bertz CT molecular complexity index is 166. The molecule has 2 nitrogen and oxygen atoms in total. The van der Waals surface area contributed by atoms with Crippen molar-refractivity contribution in [3.05, 3.63) is 0 Å². The molecule has 1 aliphatic heterocycles. The third-order valence-electron chi connectivity index (χ3n) is 2.41. The number of hydrogen-bond donors (Lipinski definition) is 0. The molecular formula is C12H20O2. The van der Waals surface area contributed by atoms with Crippen molar-refractivity contribution < 1.29 is 9.47 Å². The molecule has 14 heavy (non-hydrogen) atoms. The number of ether oxygens (including phenoxy) is 2. The zero-order valence-electron chi connectivity index (χ0n) is 8.84. The molecule has 0 bridgehead atoms. The maximum Gasteiger partial charge on any atom is 0.157 e. The summed E-state index contributed by atoms with van der Waals surface area (Å²) in [5, 5.41) is 0. The van der Waals surface area contributed by atoms with Crippen LogP contribution in [-0.2, 0) is 9.47 Å². The monoisotopic (exact) mass is 196 g/mol. The molecule has 0 aromatic rings. The Morgan fingerprint density at radius 1 is 1.29 bits per heavy atom. The summed E-state index contributed by atoms with van der Waals surface area (Å²) < 4.78 is 11.0. The van der Waals surface area contributed by atoms with Crippen molar-refractivity contribution in [1.82, 2.24) is 0 Å². The van der Waals surface area contributed by atoms with Gasteiger partial charge >= 0.3 is 0 Å². The van der Waals surface area contributed by atoms with Crippen LogP contribution in [0.15, 0.2) is 0 Å². The fourth-order valence-corrected chi connectivity index (χ4v) is 1.56. The quantitative estimate of drug-likeness (QED) is 0.480. The van der Waals surface area contributed by atoms with E-state index in [-0.39, 0.29) is 6.29 Å². The van der Waals surface area contributed by atoms with Gasteiger partial charge < -0.3 is 9.47 Å². The topological polar surface area (TPSA) is 18.5 Å². The van der Waals surface area contributed by atoms with Crippen LogP contribution in [0.1, 0.15) is 44.9 Å². The summed E-state index contributed by atoms with van der Waals surface area (Å²) >= 11 is 0. The highest BCUT2D eigenvalue weighted by Gasteiger charge is 2.12. The molecule has 1 fully saturated rings. The lowest BCUT2D eigenvalue weighted by Gasteiger charge is -2.22. The van der Waals surface area contributed by atoms with Crippen molar-refractivity contribution in [3.8, 4) is 12.3 Å². The number of hydrogen-bond acceptors (Lipinski definition) is 2. The zero-order chi connectivity index (χ0) is 10.1. The van der Waals surface area contributed by atoms with Gasteiger partial charge in [0.2, 0.25) is 0 Å². The van der Waals surface area contributed by atoms with Gasteiger partial charge in [-0.05, 0) is 32.1 Å². The van der Waals surface area contributed by atoms with Crippen molar-refractivity contribution in [2.45, 2.75) is 51.2 Å². The van der Waals surface area contributed by atoms with Gasteiger partial charge in [-0.3, -0.25) is 0 Å². The summed E-state index contributed by atoms with van der Waals surface area (Å²) in [6.07, 6.45) is 13.0. The fourth-order valence-electron chi connectivity index (χ4n) is 1.56. The normalized spacial score (nSPS) is 21.8. The third kappa shape index (κ3) is 5.26. The summed E-state index contributed by atoms with van der Waals surface area (Å²) in [7, 11) is 0. The maximum atomic E-state index is 5.59. The van der Waals surface area contributed by atoms with Crippen LogP contribution in [0.5, 0.6) is 0 Å². The van der Waals surface area contributed by atoms with Crippen molar-refractivity contribution in [1.29, 1.82) is 0 Å². The van der Waals surface area contributed by atoms with Crippen LogP contribution in [0, 0.1) is 12.3 Å². The smallest absolute Gasteiger partial charge is 0.157 e. The minimum atomic E-state index is 0.0661. The molecular weight excluding hydrogens is 176 g/mol. The van der Waals surface area contributed by atoms with Crippen LogP contribution < -0.4 is 0 Å². The molecule has 1 atom stereocenters. The standard InChI is InChI=1S/C12H20O2/c1-2-3-4-5-7-10-13-12-9-6-8-11-14-12/h1,12H,3-11H2/t12-/m1/s1. The van der Waals surface area contributed by atoms with Gasteiger partial charge in [0.1, 0.15) is 0 Å². The lowest BCUT2D eigenvalue weighted by atomic mass is 10.2. The lowest BCUT2D eigenvalue weighted by Crippen LogP contribution is -2.22. The van der Waals surface area contributed by atoms with Crippen molar-refractivity contribution in [3.63, 3.8) is 0 Å². The number of unbranched alkanes of at least 4 members (excludes halogenated alkanes) is 3. The second-order valence-corrected chi connectivity index (χ2v) is 3.68. The molecule has 0 aliphatic carbocycles. The highest BCUT2D eigenvalue weighted by atomic mass is 16.7. The molecule has 0 spiro atoms. The van der Waals surface area contributed by atoms with Crippen molar-refractivity contribution >= 4 is 0 Å². The minimum absolute atomic E-state index is 0.0661. The molecule has 1 aliphatic rings. The highest BCUT2D eigenvalue weighted by molar-refractivity contribution is 4.82. The molecule has 0 radical (unpaired) electrons. The van der Waals surface area contributed by atoms with Crippen molar-refractivity contribution in [2.75, 3.05) is 13.2 Å². The molecule has 2 heteroatoms. The van der Waals surface area contributed by atoms with E-state index in [1.807, 2.05) is 0 Å². The Morgan fingerprint density at radius 3 is 2.93 bits per heavy atom. The predicted molar refractivity (Wildman–Crippen MR) is 56.8 cm³/mol. The Kier molecular flexibility index (Phi) is 6.47. The van der Waals surface area contributed by atoms with Crippen LogP contribution in [0.2, 0.25) is 0 Å².